The summed E-state index contributed by atoms with van der Waals surface area (Å²) in [5.41, 5.74) is 0.908. The minimum Gasteiger partial charge on any atom is -0.356 e. The van der Waals surface area contributed by atoms with Gasteiger partial charge < -0.3 is 15.3 Å². The van der Waals surface area contributed by atoms with E-state index in [4.69, 9.17) is 15.3 Å². The lowest BCUT2D eigenvalue weighted by molar-refractivity contribution is -0.402. The van der Waals surface area contributed by atoms with Crippen LogP contribution in [0.15, 0.2) is 36.5 Å². The van der Waals surface area contributed by atoms with E-state index in [1.807, 2.05) is 6.07 Å². The Morgan fingerprint density at radius 2 is 1.65 bits per heavy atom. The van der Waals surface area contributed by atoms with Crippen LogP contribution in [0, 0.1) is 25.4 Å². The molecule has 8 nitrogen and oxygen atoms in total. The van der Waals surface area contributed by atoms with Crippen LogP contribution in [-0.4, -0.2) is 10.0 Å². The normalized spacial score (nSPS) is 9.18. The van der Waals surface area contributed by atoms with Crippen molar-refractivity contribution in [1.29, 1.82) is 0 Å². The number of fused-ring (bicyclic) bond motifs is 1. The molecule has 0 bridgehead atoms. The molecule has 1 heterocycles. The molecule has 0 aliphatic heterocycles. The lowest BCUT2D eigenvalue weighted by Crippen LogP contribution is -2.02. The fraction of sp³-hybridized carbons (Fsp3) is 0. The Morgan fingerprint density at radius 3 is 2.24 bits per heavy atom. The molecule has 0 unspecified atom stereocenters. The Balaban J connectivity index is 0.000000317. The second-order valence-electron chi connectivity index (χ2n) is 2.89. The average molecular weight is 237 g/mol. The summed E-state index contributed by atoms with van der Waals surface area (Å²) in [5, 5.41) is 26.0. The number of nitro groups is 1. The summed E-state index contributed by atoms with van der Waals surface area (Å²) in [4.78, 5) is 21.4. The van der Waals surface area contributed by atoms with Gasteiger partial charge in [-0.3, -0.25) is 10.1 Å². The summed E-state index contributed by atoms with van der Waals surface area (Å²) < 4.78 is 0. The number of H-pyrrole nitrogens is 1. The van der Waals surface area contributed by atoms with E-state index in [0.29, 0.717) is 5.39 Å². The third kappa shape index (κ3) is 3.38. The van der Waals surface area contributed by atoms with Crippen LogP contribution in [0.1, 0.15) is 0 Å². The van der Waals surface area contributed by atoms with Gasteiger partial charge in [0.2, 0.25) is 5.52 Å². The minimum atomic E-state index is -1.75. The zero-order valence-electron chi connectivity index (χ0n) is 8.40. The monoisotopic (exact) mass is 237 g/mol. The van der Waals surface area contributed by atoms with Crippen molar-refractivity contribution < 1.29 is 15.0 Å². The van der Waals surface area contributed by atoms with Crippen molar-refractivity contribution in [2.75, 3.05) is 0 Å². The van der Waals surface area contributed by atoms with E-state index in [0.717, 1.165) is 5.52 Å². The molecule has 0 atom stereocenters. The Bertz CT molecular complexity index is 548. The summed E-state index contributed by atoms with van der Waals surface area (Å²) in [7, 11) is 0. The highest BCUT2D eigenvalue weighted by Crippen LogP contribution is 2.21. The maximum absolute atomic E-state index is 10.6. The van der Waals surface area contributed by atoms with Crippen molar-refractivity contribution >= 4 is 16.6 Å². The molecule has 0 spiro atoms. The number of nitrogens with one attached hydrogen (secondary N) is 1. The third-order valence-corrected chi connectivity index (χ3v) is 1.88. The molecule has 0 amide bonds. The molecule has 1 aromatic carbocycles. The van der Waals surface area contributed by atoms with Gasteiger partial charge in [0.1, 0.15) is 5.39 Å². The molecule has 1 N–H and O–H groups in total. The molecular weight excluding hydrogens is 230 g/mol. The molecule has 17 heavy (non-hydrogen) atoms. The number of rotatable bonds is 1. The van der Waals surface area contributed by atoms with Crippen LogP contribution in [-0.2, 0) is 0 Å². The smallest absolute Gasteiger partial charge is 0.283 e. The van der Waals surface area contributed by atoms with Gasteiger partial charge in [-0.25, -0.2) is 4.98 Å². The Kier molecular flexibility index (Phi) is 3.87. The molecule has 88 valence electrons. The van der Waals surface area contributed by atoms with Gasteiger partial charge in [0.05, 0.1) is 10.0 Å². The van der Waals surface area contributed by atoms with Crippen molar-refractivity contribution in [2.45, 2.75) is 0 Å². The fourth-order valence-corrected chi connectivity index (χ4v) is 1.30. The zero-order valence-corrected chi connectivity index (χ0v) is 8.40. The average Bonchev–Trinajstić information content (AvgIpc) is 2.27. The number of non-ortho nitro benzene ring substituents is 1. The van der Waals surface area contributed by atoms with Crippen molar-refractivity contribution in [3.63, 3.8) is 0 Å². The van der Waals surface area contributed by atoms with Gasteiger partial charge in [-0.2, -0.15) is 0 Å². The first kappa shape index (κ1) is 12.3. The van der Waals surface area contributed by atoms with Crippen LogP contribution in [0.2, 0.25) is 0 Å². The predicted octanol–water partition coefficient (Wildman–Crippen LogP) is 1.32. The summed E-state index contributed by atoms with van der Waals surface area (Å²) in [6.45, 7) is 0. The van der Waals surface area contributed by atoms with Crippen LogP contribution < -0.4 is 4.98 Å². The summed E-state index contributed by atoms with van der Waals surface area (Å²) in [6.07, 6.45) is 1.74. The van der Waals surface area contributed by atoms with E-state index < -0.39 is 5.09 Å². The molecule has 0 radical (unpaired) electrons. The molecule has 2 rings (SSSR count). The number of nitrogens with zero attached hydrogens (tertiary/aromatic N) is 2. The van der Waals surface area contributed by atoms with Crippen molar-refractivity contribution in [1.82, 2.24) is 0 Å². The first-order valence-electron chi connectivity index (χ1n) is 4.37. The van der Waals surface area contributed by atoms with Gasteiger partial charge in [0, 0.05) is 18.2 Å². The Morgan fingerprint density at radius 1 is 1.00 bits per heavy atom. The van der Waals surface area contributed by atoms with E-state index in [2.05, 4.69) is 4.98 Å². The molecule has 0 saturated carbocycles. The van der Waals surface area contributed by atoms with E-state index in [9.17, 15) is 10.1 Å². The Hall–Kier alpha value is -2.77. The van der Waals surface area contributed by atoms with Gasteiger partial charge in [0.15, 0.2) is 6.20 Å². The van der Waals surface area contributed by atoms with Gasteiger partial charge >= 0.3 is 0 Å². The number of pyridine rings is 1. The zero-order chi connectivity index (χ0) is 12.8. The van der Waals surface area contributed by atoms with E-state index >= 15 is 0 Å². The van der Waals surface area contributed by atoms with Crippen LogP contribution in [0.4, 0.5) is 5.69 Å². The van der Waals surface area contributed by atoms with Gasteiger partial charge in [0.25, 0.3) is 5.69 Å². The highest BCUT2D eigenvalue weighted by Gasteiger charge is 2.12. The van der Waals surface area contributed by atoms with E-state index in [-0.39, 0.29) is 10.6 Å². The lowest BCUT2D eigenvalue weighted by Gasteiger charge is -1.92. The molecule has 1 aromatic heterocycles. The molecular formula is C9H7N3O5. The number of benzene rings is 1. The molecule has 2 aromatic rings. The highest BCUT2D eigenvalue weighted by atomic mass is 16.9. The topological polar surface area (TPSA) is 123 Å². The quantitative estimate of drug-likeness (QED) is 0.546. The fourth-order valence-electron chi connectivity index (χ4n) is 1.30. The van der Waals surface area contributed by atoms with Gasteiger partial charge in [-0.05, 0) is 12.1 Å². The first-order chi connectivity index (χ1) is 8.02. The molecule has 8 heteroatoms. The summed E-state index contributed by atoms with van der Waals surface area (Å²) in [6, 6.07) is 8.44. The lowest BCUT2D eigenvalue weighted by atomic mass is 10.2. The molecule has 0 saturated heterocycles. The van der Waals surface area contributed by atoms with Crippen molar-refractivity contribution in [3.05, 3.63) is 62.0 Å². The maximum atomic E-state index is 10.6. The largest absolute Gasteiger partial charge is 0.356 e. The summed E-state index contributed by atoms with van der Waals surface area (Å²) >= 11 is 0. The van der Waals surface area contributed by atoms with Crippen LogP contribution >= 0.6 is 0 Å². The second kappa shape index (κ2) is 5.35. The number of aromatic amines is 1. The SMILES string of the molecule is O=[N+]([O-])[O-].O=[N+]([O-])c1cccc2[nH+]cccc12. The van der Waals surface area contributed by atoms with Crippen LogP contribution in [0.5, 0.6) is 0 Å². The van der Waals surface area contributed by atoms with Crippen LogP contribution in [0.3, 0.4) is 0 Å². The van der Waals surface area contributed by atoms with Crippen LogP contribution in [0.25, 0.3) is 10.9 Å². The molecule has 0 fully saturated rings. The standard InChI is InChI=1S/C9H6N2O2.NO3/c12-11(13)9-5-1-4-8-7(9)3-2-6-10-8;2-1(3)4/h1-6H;/q;-1/p+1. The van der Waals surface area contributed by atoms with Gasteiger partial charge in [-0.15, -0.1) is 0 Å². The van der Waals surface area contributed by atoms with Gasteiger partial charge in [-0.1, -0.05) is 0 Å². The Labute approximate surface area is 94.4 Å². The first-order valence-corrected chi connectivity index (χ1v) is 4.37. The van der Waals surface area contributed by atoms with Crippen molar-refractivity contribution in [2.24, 2.45) is 0 Å². The highest BCUT2D eigenvalue weighted by molar-refractivity contribution is 5.85. The number of nitro benzene ring substituents is 1. The van der Waals surface area contributed by atoms with E-state index in [1.165, 1.54) is 6.07 Å². The number of hydrogen-bond acceptors (Lipinski definition) is 5. The van der Waals surface area contributed by atoms with E-state index in [1.54, 1.807) is 24.4 Å². The third-order valence-electron chi connectivity index (χ3n) is 1.88. The maximum Gasteiger partial charge on any atom is 0.283 e. The second-order valence-corrected chi connectivity index (χ2v) is 2.89. The molecule has 0 aliphatic rings. The minimum absolute atomic E-state index is 0.134. The number of hydrogen-bond donors (Lipinski definition) is 0. The van der Waals surface area contributed by atoms with Crippen molar-refractivity contribution in [3.8, 4) is 0 Å². The number of aromatic nitrogens is 1. The summed E-state index contributed by atoms with van der Waals surface area (Å²) in [5.74, 6) is 0. The predicted molar refractivity (Wildman–Crippen MR) is 57.5 cm³/mol. The molecule has 0 aliphatic carbocycles.